The maximum absolute atomic E-state index is 2.44. The number of hydrogen-bond donors (Lipinski definition) is 0. The van der Waals surface area contributed by atoms with Crippen LogP contribution in [0.25, 0.3) is 109 Å². The zero-order valence-corrected chi connectivity index (χ0v) is 29.6. The Balaban J connectivity index is 1.13. The van der Waals surface area contributed by atoms with Gasteiger partial charge in [0.1, 0.15) is 0 Å². The summed E-state index contributed by atoms with van der Waals surface area (Å²) in [5, 5.41) is 15.3. The number of benzene rings is 11. The van der Waals surface area contributed by atoms with Gasteiger partial charge >= 0.3 is 0 Å². The van der Waals surface area contributed by atoms with Crippen LogP contribution in [0.3, 0.4) is 0 Å². The molecule has 11 aromatic rings. The zero-order chi connectivity index (χ0) is 35.6. The smallest absolute Gasteiger partial charge is 0.00201 e. The fourth-order valence-corrected chi connectivity index (χ4v) is 8.89. The van der Waals surface area contributed by atoms with Crippen LogP contribution in [0.4, 0.5) is 0 Å². The van der Waals surface area contributed by atoms with E-state index in [0.717, 1.165) is 0 Å². The van der Waals surface area contributed by atoms with Crippen LogP contribution in [0.2, 0.25) is 0 Å². The van der Waals surface area contributed by atoms with Crippen LogP contribution in [0.15, 0.2) is 206 Å². The summed E-state index contributed by atoms with van der Waals surface area (Å²) in [6, 6.07) is 76.1. The molecular weight excluding hydrogens is 649 g/mol. The third-order valence-corrected chi connectivity index (χ3v) is 11.4. The Morgan fingerprint density at radius 2 is 0.593 bits per heavy atom. The van der Waals surface area contributed by atoms with Crippen LogP contribution in [0.1, 0.15) is 0 Å². The molecule has 0 heterocycles. The highest BCUT2D eigenvalue weighted by molar-refractivity contribution is 6.30. The molecule has 0 nitrogen and oxygen atoms in total. The van der Waals surface area contributed by atoms with Gasteiger partial charge in [-0.05, 0) is 121 Å². The third-order valence-electron chi connectivity index (χ3n) is 11.4. The Kier molecular flexibility index (Phi) is 6.97. The van der Waals surface area contributed by atoms with Gasteiger partial charge in [0.05, 0.1) is 0 Å². The van der Waals surface area contributed by atoms with Gasteiger partial charge in [-0.2, -0.15) is 0 Å². The molecular formula is C54H34. The van der Waals surface area contributed by atoms with Gasteiger partial charge in [-0.1, -0.05) is 194 Å². The van der Waals surface area contributed by atoms with Gasteiger partial charge in [-0.15, -0.1) is 0 Å². The van der Waals surface area contributed by atoms with Crippen LogP contribution in [-0.2, 0) is 0 Å². The predicted molar refractivity (Wildman–Crippen MR) is 233 cm³/mol. The molecule has 0 aromatic heterocycles. The molecule has 0 heteroatoms. The summed E-state index contributed by atoms with van der Waals surface area (Å²) in [7, 11) is 0. The predicted octanol–water partition coefficient (Wildman–Crippen LogP) is 15.3. The van der Waals surface area contributed by atoms with E-state index in [-0.39, 0.29) is 0 Å². The molecule has 54 heavy (non-hydrogen) atoms. The van der Waals surface area contributed by atoms with Crippen molar-refractivity contribution in [2.75, 3.05) is 0 Å². The maximum Gasteiger partial charge on any atom is -0.00201 e. The first-order chi connectivity index (χ1) is 26.8. The molecule has 0 radical (unpaired) electrons. The topological polar surface area (TPSA) is 0 Å². The number of rotatable bonds is 4. The summed E-state index contributed by atoms with van der Waals surface area (Å²) in [6.07, 6.45) is 0. The van der Waals surface area contributed by atoms with Crippen molar-refractivity contribution in [2.45, 2.75) is 0 Å². The first-order valence-electron chi connectivity index (χ1n) is 18.8. The summed E-state index contributed by atoms with van der Waals surface area (Å²) in [5.41, 5.74) is 9.92. The largest absolute Gasteiger partial charge is 0.0616 e. The Morgan fingerprint density at radius 1 is 0.185 bits per heavy atom. The lowest BCUT2D eigenvalue weighted by atomic mass is 9.85. The van der Waals surface area contributed by atoms with E-state index in [1.807, 2.05) is 0 Å². The molecule has 0 bridgehead atoms. The molecule has 11 aromatic carbocycles. The molecule has 250 valence electrons. The minimum Gasteiger partial charge on any atom is -0.0616 e. The lowest BCUT2D eigenvalue weighted by Gasteiger charge is -2.18. The van der Waals surface area contributed by atoms with E-state index in [9.17, 15) is 0 Å². The molecule has 0 amide bonds. The van der Waals surface area contributed by atoms with Gasteiger partial charge in [0.2, 0.25) is 0 Å². The van der Waals surface area contributed by atoms with Gasteiger partial charge in [-0.3, -0.25) is 0 Å². The van der Waals surface area contributed by atoms with Gasteiger partial charge in [-0.25, -0.2) is 0 Å². The summed E-state index contributed by atoms with van der Waals surface area (Å²) in [4.78, 5) is 0. The van der Waals surface area contributed by atoms with E-state index >= 15 is 0 Å². The monoisotopic (exact) mass is 682 g/mol. The Hall–Kier alpha value is -7.02. The second-order valence-corrected chi connectivity index (χ2v) is 14.4. The van der Waals surface area contributed by atoms with Gasteiger partial charge in [0.15, 0.2) is 0 Å². The molecule has 0 saturated heterocycles. The van der Waals surface area contributed by atoms with Gasteiger partial charge in [0, 0.05) is 0 Å². The van der Waals surface area contributed by atoms with Gasteiger partial charge in [0.25, 0.3) is 0 Å². The van der Waals surface area contributed by atoms with E-state index in [2.05, 4.69) is 206 Å². The lowest BCUT2D eigenvalue weighted by molar-refractivity contribution is 1.63. The number of fused-ring (bicyclic) bond motifs is 9. The van der Waals surface area contributed by atoms with Gasteiger partial charge < -0.3 is 0 Å². The maximum atomic E-state index is 2.44. The Bertz CT molecular complexity index is 3230. The average Bonchev–Trinajstić information content (AvgIpc) is 3.25. The van der Waals surface area contributed by atoms with Crippen LogP contribution < -0.4 is 0 Å². The van der Waals surface area contributed by atoms with E-state index < -0.39 is 0 Å². The molecule has 0 aliphatic carbocycles. The van der Waals surface area contributed by atoms with Crippen LogP contribution in [0.5, 0.6) is 0 Å². The van der Waals surface area contributed by atoms with Crippen molar-refractivity contribution >= 4 is 64.6 Å². The molecule has 0 spiro atoms. The molecule has 0 aliphatic rings. The van der Waals surface area contributed by atoms with Crippen LogP contribution in [-0.4, -0.2) is 0 Å². The first kappa shape index (κ1) is 30.6. The fourth-order valence-electron chi connectivity index (χ4n) is 8.89. The normalized spacial score (nSPS) is 11.7. The fraction of sp³-hybridized carbons (Fsp3) is 0. The molecule has 0 atom stereocenters. The molecule has 11 rings (SSSR count). The third kappa shape index (κ3) is 4.85. The minimum atomic E-state index is 1.22. The van der Waals surface area contributed by atoms with Crippen molar-refractivity contribution < 1.29 is 0 Å². The van der Waals surface area contributed by atoms with Crippen molar-refractivity contribution in [2.24, 2.45) is 0 Å². The second kappa shape index (κ2) is 12.3. The van der Waals surface area contributed by atoms with Crippen molar-refractivity contribution in [3.05, 3.63) is 206 Å². The van der Waals surface area contributed by atoms with Crippen LogP contribution >= 0.6 is 0 Å². The SMILES string of the molecule is c1ccc2c(-c3ccc(-c4cc5cc(-c6ccc(-c7cccc8ccccc78)cc6)c6c7ccccc7ccc6c5c5ccccc45)cc3)cccc2c1. The Morgan fingerprint density at radius 3 is 1.17 bits per heavy atom. The van der Waals surface area contributed by atoms with Crippen molar-refractivity contribution in [1.82, 2.24) is 0 Å². The van der Waals surface area contributed by atoms with E-state index in [1.54, 1.807) is 0 Å². The first-order valence-corrected chi connectivity index (χ1v) is 18.8. The molecule has 0 N–H and O–H groups in total. The molecule has 0 unspecified atom stereocenters. The summed E-state index contributed by atoms with van der Waals surface area (Å²) in [6.45, 7) is 0. The Labute approximate surface area is 314 Å². The molecule has 0 saturated carbocycles. The van der Waals surface area contributed by atoms with E-state index in [4.69, 9.17) is 0 Å². The average molecular weight is 683 g/mol. The van der Waals surface area contributed by atoms with E-state index in [1.165, 1.54) is 109 Å². The summed E-state index contributed by atoms with van der Waals surface area (Å²) in [5.74, 6) is 0. The highest BCUT2D eigenvalue weighted by atomic mass is 14.2. The summed E-state index contributed by atoms with van der Waals surface area (Å²) < 4.78 is 0. The minimum absolute atomic E-state index is 1.22. The van der Waals surface area contributed by atoms with Crippen molar-refractivity contribution in [1.29, 1.82) is 0 Å². The molecule has 0 fully saturated rings. The lowest BCUT2D eigenvalue weighted by Crippen LogP contribution is -1.91. The van der Waals surface area contributed by atoms with Crippen molar-refractivity contribution in [3.8, 4) is 44.5 Å². The molecule has 0 aliphatic heterocycles. The number of hydrogen-bond acceptors (Lipinski definition) is 0. The quantitative estimate of drug-likeness (QED) is 0.162. The van der Waals surface area contributed by atoms with E-state index in [0.29, 0.717) is 0 Å². The van der Waals surface area contributed by atoms with Crippen LogP contribution in [0, 0.1) is 0 Å². The highest BCUT2D eigenvalue weighted by Crippen LogP contribution is 2.45. The second-order valence-electron chi connectivity index (χ2n) is 14.4. The zero-order valence-electron chi connectivity index (χ0n) is 29.6. The summed E-state index contributed by atoms with van der Waals surface area (Å²) >= 11 is 0. The van der Waals surface area contributed by atoms with Crippen molar-refractivity contribution in [3.63, 3.8) is 0 Å². The standard InChI is InChI=1S/C54H34/c1-4-16-43-35(11-1)14-9-21-45(43)38-23-27-40(28-24-38)51-33-42-34-52(41-29-25-39(26-30-41)46-22-10-15-36-12-2-5-17-44(36)46)54-47-18-6-3-13-37(47)31-32-50(54)53(42)49-20-8-7-19-48(49)51/h1-34H. The highest BCUT2D eigenvalue weighted by Gasteiger charge is 2.17.